The molecule has 0 saturated heterocycles. The maximum absolute atomic E-state index is 5.14. The summed E-state index contributed by atoms with van der Waals surface area (Å²) in [5, 5.41) is 0. The first-order valence-electron chi connectivity index (χ1n) is 5.57. The highest BCUT2D eigenvalue weighted by Gasteiger charge is 2.12. The average molecular weight is 255 g/mol. The normalized spacial score (nSPS) is 13.2. The molecule has 18 heavy (non-hydrogen) atoms. The van der Waals surface area contributed by atoms with Crippen LogP contribution in [-0.2, 0) is 12.8 Å². The van der Waals surface area contributed by atoms with Crippen molar-refractivity contribution >= 4 is 18.5 Å². The van der Waals surface area contributed by atoms with Gasteiger partial charge in [-0.1, -0.05) is 18.2 Å². The summed E-state index contributed by atoms with van der Waals surface area (Å²) in [7, 11) is 1.62. The molecule has 0 bridgehead atoms. The lowest BCUT2D eigenvalue weighted by molar-refractivity contribution is 0.398. The third kappa shape index (κ3) is 2.07. The van der Waals surface area contributed by atoms with Gasteiger partial charge in [-0.2, -0.15) is 0 Å². The van der Waals surface area contributed by atoms with Crippen LogP contribution in [0, 0.1) is 0 Å². The Balaban J connectivity index is 1.98. The third-order valence-electron chi connectivity index (χ3n) is 2.84. The van der Waals surface area contributed by atoms with Gasteiger partial charge in [0.25, 0.3) is 0 Å². The first-order chi connectivity index (χ1) is 8.78. The monoisotopic (exact) mass is 255 g/mol. The minimum absolute atomic E-state index is 0.619. The molecule has 0 N–H and O–H groups in total. The minimum atomic E-state index is 0.619. The predicted molar refractivity (Wildman–Crippen MR) is 73.4 cm³/mol. The number of benzene rings is 1. The second-order valence-corrected chi connectivity index (χ2v) is 4.40. The first kappa shape index (κ1) is 11.2. The van der Waals surface area contributed by atoms with E-state index in [1.807, 2.05) is 24.4 Å². The van der Waals surface area contributed by atoms with Crippen molar-refractivity contribution in [2.24, 2.45) is 0 Å². The van der Waals surface area contributed by atoms with E-state index < -0.39 is 0 Å². The van der Waals surface area contributed by atoms with Crippen LogP contribution in [0.3, 0.4) is 0 Å². The molecule has 0 fully saturated rings. The van der Waals surface area contributed by atoms with E-state index in [9.17, 15) is 0 Å². The second kappa shape index (κ2) is 4.38. The fraction of sp³-hybridized carbons (Fsp3) is 0.0714. The maximum atomic E-state index is 5.14. The first-order valence-corrected chi connectivity index (χ1v) is 5.93. The molecule has 2 aromatic rings. The van der Waals surface area contributed by atoms with Gasteiger partial charge in [0.15, 0.2) is 0 Å². The summed E-state index contributed by atoms with van der Waals surface area (Å²) in [6.07, 6.45) is 3.68. The summed E-state index contributed by atoms with van der Waals surface area (Å²) >= 11 is 5.05. The van der Waals surface area contributed by atoms with E-state index in [0.29, 0.717) is 5.88 Å². The number of methoxy groups -OCH3 is 1. The van der Waals surface area contributed by atoms with Crippen molar-refractivity contribution in [3.63, 3.8) is 0 Å². The number of hydrogen-bond acceptors (Lipinski definition) is 4. The van der Waals surface area contributed by atoms with Gasteiger partial charge >= 0.3 is 0 Å². The van der Waals surface area contributed by atoms with Crippen LogP contribution in [-0.4, -0.2) is 16.4 Å². The molecule has 4 heteroatoms. The molecule has 0 unspecified atom stereocenters. The van der Waals surface area contributed by atoms with E-state index in [2.05, 4.69) is 23.2 Å². The molecule has 1 aliphatic heterocycles. The number of hydrogen-bond donors (Lipinski definition) is 0. The summed E-state index contributed by atoms with van der Waals surface area (Å²) in [6, 6.07) is 12.2. The summed E-state index contributed by atoms with van der Waals surface area (Å²) in [5.41, 5.74) is 4.44. The van der Waals surface area contributed by atoms with E-state index in [1.54, 1.807) is 17.6 Å². The molecular formula is C14H11N2OS-. The number of aromatic nitrogens is 1. The van der Waals surface area contributed by atoms with Gasteiger partial charge in [0.2, 0.25) is 5.88 Å². The van der Waals surface area contributed by atoms with Gasteiger partial charge in [-0.25, -0.2) is 4.98 Å². The van der Waals surface area contributed by atoms with Gasteiger partial charge in [-0.3, -0.25) is 0 Å². The summed E-state index contributed by atoms with van der Waals surface area (Å²) in [4.78, 5) is 4.11. The van der Waals surface area contributed by atoms with Gasteiger partial charge in [0.1, 0.15) is 0 Å². The molecule has 0 spiro atoms. The Morgan fingerprint density at radius 1 is 1.11 bits per heavy atom. The van der Waals surface area contributed by atoms with Crippen LogP contribution >= 0.6 is 0 Å². The topological polar surface area (TPSA) is 25.1 Å². The van der Waals surface area contributed by atoms with Gasteiger partial charge in [0.05, 0.1) is 7.11 Å². The third-order valence-corrected chi connectivity index (χ3v) is 3.15. The van der Waals surface area contributed by atoms with Crippen molar-refractivity contribution in [1.29, 1.82) is 0 Å². The maximum Gasteiger partial charge on any atom is 0.213 e. The number of rotatable bonds is 3. The van der Waals surface area contributed by atoms with Crippen LogP contribution in [0.25, 0.3) is 16.8 Å². The van der Waals surface area contributed by atoms with Gasteiger partial charge in [0, 0.05) is 24.2 Å². The number of ether oxygens (including phenoxy) is 1. The molecule has 1 aromatic carbocycles. The summed E-state index contributed by atoms with van der Waals surface area (Å²) in [6.45, 7) is 0. The lowest BCUT2D eigenvalue weighted by Crippen LogP contribution is -1.89. The van der Waals surface area contributed by atoms with Gasteiger partial charge in [-0.05, 0) is 28.8 Å². The summed E-state index contributed by atoms with van der Waals surface area (Å²) < 4.78 is 6.84. The van der Waals surface area contributed by atoms with Gasteiger partial charge < -0.3 is 21.9 Å². The second-order valence-electron chi connectivity index (χ2n) is 4.01. The largest absolute Gasteiger partial charge is 0.661 e. The Morgan fingerprint density at radius 2 is 1.83 bits per heavy atom. The van der Waals surface area contributed by atoms with Crippen LogP contribution in [0.15, 0.2) is 48.8 Å². The zero-order valence-corrected chi connectivity index (χ0v) is 10.6. The molecule has 1 aromatic heterocycles. The molecule has 3 nitrogen and oxygen atoms in total. The van der Waals surface area contributed by atoms with E-state index in [1.165, 1.54) is 0 Å². The Labute approximate surface area is 111 Å². The molecule has 90 valence electrons. The SMILES string of the molecule is COc1cc(-c2cccc(C3=CN3[S-])c2)ccn1. The van der Waals surface area contributed by atoms with Crippen molar-refractivity contribution in [3.05, 3.63) is 54.4 Å². The van der Waals surface area contributed by atoms with Gasteiger partial charge in [-0.15, -0.1) is 0 Å². The number of pyridine rings is 1. The van der Waals surface area contributed by atoms with E-state index >= 15 is 0 Å². The van der Waals surface area contributed by atoms with Crippen LogP contribution in [0.2, 0.25) is 0 Å². The zero-order valence-electron chi connectivity index (χ0n) is 9.83. The lowest BCUT2D eigenvalue weighted by Gasteiger charge is -2.10. The molecule has 0 radical (unpaired) electrons. The van der Waals surface area contributed by atoms with Crippen LogP contribution in [0.5, 0.6) is 5.88 Å². The minimum Gasteiger partial charge on any atom is -0.661 e. The van der Waals surface area contributed by atoms with Crippen molar-refractivity contribution in [2.75, 3.05) is 7.11 Å². The molecule has 0 atom stereocenters. The van der Waals surface area contributed by atoms with Crippen LogP contribution in [0.4, 0.5) is 0 Å². The fourth-order valence-electron chi connectivity index (χ4n) is 1.84. The van der Waals surface area contributed by atoms with Crippen LogP contribution < -0.4 is 4.74 Å². The highest BCUT2D eigenvalue weighted by atomic mass is 32.1. The Morgan fingerprint density at radius 3 is 2.56 bits per heavy atom. The van der Waals surface area contributed by atoms with Crippen molar-refractivity contribution in [1.82, 2.24) is 9.29 Å². The summed E-state index contributed by atoms with van der Waals surface area (Å²) in [5.74, 6) is 0.619. The highest BCUT2D eigenvalue weighted by Crippen LogP contribution is 2.32. The van der Waals surface area contributed by atoms with E-state index in [-0.39, 0.29) is 0 Å². The van der Waals surface area contributed by atoms with E-state index in [4.69, 9.17) is 17.6 Å². The fourth-order valence-corrected chi connectivity index (χ4v) is 2.05. The van der Waals surface area contributed by atoms with E-state index in [0.717, 1.165) is 22.4 Å². The average Bonchev–Trinajstić information content (AvgIpc) is 3.16. The highest BCUT2D eigenvalue weighted by molar-refractivity contribution is 7.57. The standard InChI is InChI=1S/C14H11N2OS/c1-17-14-8-11(5-6-15-14)10-3-2-4-12(7-10)13-9-16(13)18/h2-9H,1H3/q-1. The van der Waals surface area contributed by atoms with Crippen LogP contribution in [0.1, 0.15) is 5.56 Å². The zero-order chi connectivity index (χ0) is 12.5. The van der Waals surface area contributed by atoms with Crippen molar-refractivity contribution in [3.8, 4) is 17.0 Å². The molecular weight excluding hydrogens is 244 g/mol. The Bertz CT molecular complexity index is 625. The van der Waals surface area contributed by atoms with Crippen molar-refractivity contribution < 1.29 is 4.74 Å². The molecule has 2 heterocycles. The number of nitrogens with zero attached hydrogens (tertiary/aromatic N) is 2. The Kier molecular flexibility index (Phi) is 2.72. The van der Waals surface area contributed by atoms with Crippen molar-refractivity contribution in [2.45, 2.75) is 0 Å². The smallest absolute Gasteiger partial charge is 0.213 e. The molecule has 0 aliphatic carbocycles. The quantitative estimate of drug-likeness (QED) is 0.787. The molecule has 1 aliphatic rings. The predicted octanol–water partition coefficient (Wildman–Crippen LogP) is 2.83. The lowest BCUT2D eigenvalue weighted by atomic mass is 10.0. The molecule has 3 rings (SSSR count). The molecule has 0 amide bonds. The molecule has 0 saturated carbocycles. The Hall–Kier alpha value is -1.94.